The highest BCUT2D eigenvalue weighted by Gasteiger charge is 2.49. The van der Waals surface area contributed by atoms with E-state index in [9.17, 15) is 18.0 Å². The summed E-state index contributed by atoms with van der Waals surface area (Å²) in [5.41, 5.74) is 0.978. The predicted molar refractivity (Wildman–Crippen MR) is 134 cm³/mol. The first-order chi connectivity index (χ1) is 16.6. The standard InChI is InChI=1S/C25H22Cl2N2O5S/c1-16(17-6-4-3-5-7-17)29(35(32,33)23-14-18(26)8-13-21(23)27)22-15-24(30)28(25(22)31)19-9-11-20(34-2)12-10-19/h3-14,16,22H,15H2,1-2H3. The minimum absolute atomic E-state index is 0.0385. The molecule has 3 aromatic rings. The number of hydrogen-bond donors (Lipinski definition) is 0. The van der Waals surface area contributed by atoms with E-state index in [-0.39, 0.29) is 21.4 Å². The van der Waals surface area contributed by atoms with E-state index in [1.165, 1.54) is 25.3 Å². The lowest BCUT2D eigenvalue weighted by Gasteiger charge is -2.32. The summed E-state index contributed by atoms with van der Waals surface area (Å²) in [5.74, 6) is -0.602. The number of nitrogens with zero attached hydrogens (tertiary/aromatic N) is 2. The molecule has 3 aromatic carbocycles. The second kappa shape index (κ2) is 9.99. The molecule has 4 rings (SSSR count). The first-order valence-electron chi connectivity index (χ1n) is 10.7. The van der Waals surface area contributed by atoms with E-state index in [1.54, 1.807) is 61.5 Å². The number of amides is 2. The van der Waals surface area contributed by atoms with Gasteiger partial charge in [-0.15, -0.1) is 0 Å². The maximum absolute atomic E-state index is 14.0. The number of carbonyl (C=O) groups excluding carboxylic acids is 2. The Bertz CT molecular complexity index is 1360. The fourth-order valence-electron chi connectivity index (χ4n) is 4.13. The number of halogens is 2. The van der Waals surface area contributed by atoms with Crippen LogP contribution in [0.4, 0.5) is 5.69 Å². The zero-order valence-electron chi connectivity index (χ0n) is 18.9. The topological polar surface area (TPSA) is 84.0 Å². The molecule has 0 aromatic heterocycles. The second-order valence-electron chi connectivity index (χ2n) is 7.98. The summed E-state index contributed by atoms with van der Waals surface area (Å²) in [6, 6.07) is 17.3. The van der Waals surface area contributed by atoms with Gasteiger partial charge >= 0.3 is 0 Å². The Morgan fingerprint density at radius 2 is 1.66 bits per heavy atom. The Morgan fingerprint density at radius 1 is 1.00 bits per heavy atom. The van der Waals surface area contributed by atoms with Crippen LogP contribution in [0.1, 0.15) is 24.9 Å². The summed E-state index contributed by atoms with van der Waals surface area (Å²) in [5, 5.41) is 0.136. The Morgan fingerprint density at radius 3 is 2.29 bits per heavy atom. The average Bonchev–Trinajstić information content (AvgIpc) is 3.14. The zero-order valence-corrected chi connectivity index (χ0v) is 21.2. The quantitative estimate of drug-likeness (QED) is 0.396. The van der Waals surface area contributed by atoms with Gasteiger partial charge < -0.3 is 4.74 Å². The molecule has 0 saturated carbocycles. The van der Waals surface area contributed by atoms with Crippen molar-refractivity contribution in [1.82, 2.24) is 4.31 Å². The number of imide groups is 1. The second-order valence-corrected chi connectivity index (χ2v) is 10.6. The Hall–Kier alpha value is -2.91. The van der Waals surface area contributed by atoms with Gasteiger partial charge in [-0.3, -0.25) is 9.59 Å². The van der Waals surface area contributed by atoms with E-state index in [1.807, 2.05) is 0 Å². The molecule has 0 N–H and O–H groups in total. The van der Waals surface area contributed by atoms with E-state index in [0.29, 0.717) is 17.0 Å². The van der Waals surface area contributed by atoms with Gasteiger partial charge in [0, 0.05) is 11.1 Å². The van der Waals surface area contributed by atoms with Gasteiger partial charge in [0.1, 0.15) is 16.7 Å². The minimum Gasteiger partial charge on any atom is -0.497 e. The lowest BCUT2D eigenvalue weighted by atomic mass is 10.1. The molecule has 0 bridgehead atoms. The summed E-state index contributed by atoms with van der Waals surface area (Å²) >= 11 is 12.3. The molecule has 1 heterocycles. The normalized spacial score (nSPS) is 17.2. The Labute approximate surface area is 213 Å². The smallest absolute Gasteiger partial charge is 0.252 e. The molecule has 2 amide bonds. The van der Waals surface area contributed by atoms with Gasteiger partial charge in [0.15, 0.2) is 0 Å². The van der Waals surface area contributed by atoms with Crippen LogP contribution in [0.15, 0.2) is 77.7 Å². The summed E-state index contributed by atoms with van der Waals surface area (Å²) in [6.07, 6.45) is -0.320. The summed E-state index contributed by atoms with van der Waals surface area (Å²) in [4.78, 5) is 27.4. The molecule has 0 aliphatic carbocycles. The number of methoxy groups -OCH3 is 1. The zero-order chi connectivity index (χ0) is 25.3. The first kappa shape index (κ1) is 25.2. The van der Waals surface area contributed by atoms with Crippen LogP contribution in [-0.4, -0.2) is 37.7 Å². The van der Waals surface area contributed by atoms with E-state index in [2.05, 4.69) is 0 Å². The van der Waals surface area contributed by atoms with Gasteiger partial charge in [0.2, 0.25) is 15.9 Å². The molecular weight excluding hydrogens is 511 g/mol. The molecule has 182 valence electrons. The average molecular weight is 533 g/mol. The van der Waals surface area contributed by atoms with Crippen molar-refractivity contribution in [2.45, 2.75) is 30.3 Å². The fraction of sp³-hybridized carbons (Fsp3) is 0.200. The summed E-state index contributed by atoms with van der Waals surface area (Å²) < 4.78 is 34.1. The van der Waals surface area contributed by atoms with Crippen LogP contribution < -0.4 is 9.64 Å². The van der Waals surface area contributed by atoms with Crippen molar-refractivity contribution in [1.29, 1.82) is 0 Å². The highest BCUT2D eigenvalue weighted by Crippen LogP contribution is 2.38. The van der Waals surface area contributed by atoms with Crippen molar-refractivity contribution < 1.29 is 22.7 Å². The maximum atomic E-state index is 14.0. The van der Waals surface area contributed by atoms with Crippen molar-refractivity contribution in [3.63, 3.8) is 0 Å². The van der Waals surface area contributed by atoms with Gasteiger partial charge in [-0.25, -0.2) is 13.3 Å². The van der Waals surface area contributed by atoms with E-state index in [0.717, 1.165) is 9.21 Å². The fourth-order valence-corrected chi connectivity index (χ4v) is 6.63. The first-order valence-corrected chi connectivity index (χ1v) is 12.9. The van der Waals surface area contributed by atoms with E-state index in [4.69, 9.17) is 27.9 Å². The molecule has 35 heavy (non-hydrogen) atoms. The highest BCUT2D eigenvalue weighted by molar-refractivity contribution is 7.89. The third-order valence-electron chi connectivity index (χ3n) is 5.87. The third kappa shape index (κ3) is 4.79. The van der Waals surface area contributed by atoms with Crippen LogP contribution in [0.2, 0.25) is 10.0 Å². The van der Waals surface area contributed by atoms with Crippen LogP contribution in [0.25, 0.3) is 0 Å². The highest BCUT2D eigenvalue weighted by atomic mass is 35.5. The number of carbonyl (C=O) groups is 2. The molecule has 10 heteroatoms. The van der Waals surface area contributed by atoms with Crippen molar-refractivity contribution in [2.75, 3.05) is 12.0 Å². The molecule has 7 nitrogen and oxygen atoms in total. The third-order valence-corrected chi connectivity index (χ3v) is 8.57. The van der Waals surface area contributed by atoms with E-state index < -0.39 is 33.9 Å². The van der Waals surface area contributed by atoms with Crippen molar-refractivity contribution in [3.8, 4) is 5.75 Å². The number of sulfonamides is 1. The molecule has 1 saturated heterocycles. The monoisotopic (exact) mass is 532 g/mol. The Balaban J connectivity index is 1.81. The van der Waals surface area contributed by atoms with Gasteiger partial charge in [-0.1, -0.05) is 53.5 Å². The SMILES string of the molecule is COc1ccc(N2C(=O)CC(N(C(C)c3ccccc3)S(=O)(=O)c3cc(Cl)ccc3Cl)C2=O)cc1. The van der Waals surface area contributed by atoms with Gasteiger partial charge in [-0.2, -0.15) is 4.31 Å². The number of hydrogen-bond acceptors (Lipinski definition) is 5. The van der Waals surface area contributed by atoms with Crippen molar-refractivity contribution >= 4 is 50.7 Å². The largest absolute Gasteiger partial charge is 0.497 e. The van der Waals surface area contributed by atoms with Crippen LogP contribution in [0.5, 0.6) is 5.75 Å². The lowest BCUT2D eigenvalue weighted by Crippen LogP contribution is -2.46. The van der Waals surface area contributed by atoms with Crippen molar-refractivity contribution in [3.05, 3.63) is 88.4 Å². The van der Waals surface area contributed by atoms with Gasteiger partial charge in [-0.05, 0) is 55.0 Å². The summed E-state index contributed by atoms with van der Waals surface area (Å²) in [7, 11) is -2.85. The predicted octanol–water partition coefficient (Wildman–Crippen LogP) is 5.09. The summed E-state index contributed by atoms with van der Waals surface area (Å²) in [6.45, 7) is 1.67. The number of ether oxygens (including phenoxy) is 1. The number of rotatable bonds is 7. The van der Waals surface area contributed by atoms with Crippen molar-refractivity contribution in [2.24, 2.45) is 0 Å². The molecule has 1 aliphatic heterocycles. The lowest BCUT2D eigenvalue weighted by molar-refractivity contribution is -0.122. The minimum atomic E-state index is -4.36. The van der Waals surface area contributed by atoms with Crippen LogP contribution in [-0.2, 0) is 19.6 Å². The molecule has 2 atom stereocenters. The number of anilines is 1. The van der Waals surface area contributed by atoms with Gasteiger partial charge in [0.05, 0.1) is 24.2 Å². The Kier molecular flexibility index (Phi) is 7.19. The molecular formula is C25H22Cl2N2O5S. The van der Waals surface area contributed by atoms with Crippen LogP contribution in [0.3, 0.4) is 0 Å². The van der Waals surface area contributed by atoms with Gasteiger partial charge in [0.25, 0.3) is 5.91 Å². The van der Waals surface area contributed by atoms with Crippen LogP contribution in [0, 0.1) is 0 Å². The number of benzene rings is 3. The van der Waals surface area contributed by atoms with Crippen LogP contribution >= 0.6 is 23.2 Å². The molecule has 0 radical (unpaired) electrons. The maximum Gasteiger partial charge on any atom is 0.252 e. The molecule has 1 fully saturated rings. The molecule has 2 unspecified atom stereocenters. The molecule has 1 aliphatic rings. The van der Waals surface area contributed by atoms with E-state index >= 15 is 0 Å². The molecule has 0 spiro atoms.